The molecule has 9 heteroatoms. The van der Waals surface area contributed by atoms with E-state index < -0.39 is 15.8 Å². The van der Waals surface area contributed by atoms with Crippen molar-refractivity contribution in [3.8, 4) is 5.69 Å². The van der Waals surface area contributed by atoms with Gasteiger partial charge in [0.25, 0.3) is 0 Å². The molecule has 34 heavy (non-hydrogen) atoms. The van der Waals surface area contributed by atoms with Crippen LogP contribution in [0.2, 0.25) is 0 Å². The van der Waals surface area contributed by atoms with E-state index in [1.54, 1.807) is 18.5 Å². The molecule has 0 amide bonds. The molecule has 0 saturated carbocycles. The summed E-state index contributed by atoms with van der Waals surface area (Å²) in [5, 5.41) is 3.99. The molecule has 4 aromatic rings. The van der Waals surface area contributed by atoms with Crippen molar-refractivity contribution < 1.29 is 12.8 Å². The minimum Gasteiger partial charge on any atom is -0.257 e. The van der Waals surface area contributed by atoms with Crippen molar-refractivity contribution >= 4 is 15.6 Å². The summed E-state index contributed by atoms with van der Waals surface area (Å²) >= 11 is 0. The molecule has 1 aliphatic heterocycles. The largest absolute Gasteiger partial charge is 0.257 e. The Morgan fingerprint density at radius 1 is 1.06 bits per heavy atom. The van der Waals surface area contributed by atoms with Crippen molar-refractivity contribution in [3.05, 3.63) is 125 Å². The van der Waals surface area contributed by atoms with Gasteiger partial charge in [-0.15, -0.1) is 0 Å². The molecule has 0 aliphatic carbocycles. The Labute approximate surface area is 196 Å². The zero-order valence-electron chi connectivity index (χ0n) is 17.8. The van der Waals surface area contributed by atoms with E-state index in [1.807, 2.05) is 36.4 Å². The van der Waals surface area contributed by atoms with Gasteiger partial charge in [0.1, 0.15) is 11.5 Å². The van der Waals surface area contributed by atoms with Crippen LogP contribution >= 0.6 is 0 Å². The van der Waals surface area contributed by atoms with Gasteiger partial charge in [-0.1, -0.05) is 30.3 Å². The van der Waals surface area contributed by atoms with E-state index in [-0.39, 0.29) is 23.7 Å². The third kappa shape index (κ3) is 3.90. The smallest absolute Gasteiger partial charge is 0.243 e. The summed E-state index contributed by atoms with van der Waals surface area (Å²) in [6, 6.07) is 16.7. The number of fused-ring (bicyclic) bond motifs is 1. The van der Waals surface area contributed by atoms with Crippen molar-refractivity contribution in [1.82, 2.24) is 19.1 Å². The van der Waals surface area contributed by atoms with Gasteiger partial charge in [-0.05, 0) is 47.0 Å². The summed E-state index contributed by atoms with van der Waals surface area (Å²) in [5.41, 5.74) is 3.85. The number of rotatable bonds is 5. The van der Waals surface area contributed by atoms with E-state index >= 15 is 0 Å². The van der Waals surface area contributed by atoms with E-state index in [4.69, 9.17) is 6.57 Å². The van der Waals surface area contributed by atoms with E-state index in [1.165, 1.54) is 33.5 Å². The Bertz CT molecular complexity index is 1540. The van der Waals surface area contributed by atoms with Crippen LogP contribution in [0.1, 0.15) is 22.4 Å². The third-order valence-corrected chi connectivity index (χ3v) is 7.43. The minimum absolute atomic E-state index is 0.125. The second kappa shape index (κ2) is 8.67. The highest BCUT2D eigenvalue weighted by Gasteiger charge is 2.32. The first kappa shape index (κ1) is 21.7. The van der Waals surface area contributed by atoms with Crippen LogP contribution in [0.5, 0.6) is 0 Å². The molecule has 5 rings (SSSR count). The number of hydrogen-bond acceptors (Lipinski definition) is 4. The second-order valence-corrected chi connectivity index (χ2v) is 9.65. The number of aromatic nitrogens is 3. The first-order valence-electron chi connectivity index (χ1n) is 10.4. The molecule has 0 N–H and O–H groups in total. The lowest BCUT2D eigenvalue weighted by Gasteiger charge is -2.16. The van der Waals surface area contributed by atoms with Gasteiger partial charge in [0.05, 0.1) is 17.2 Å². The Kier molecular flexibility index (Phi) is 5.53. The highest BCUT2D eigenvalue weighted by Crippen LogP contribution is 2.32. The van der Waals surface area contributed by atoms with Crippen LogP contribution in [0, 0.1) is 12.4 Å². The Morgan fingerprint density at radius 2 is 1.85 bits per heavy atom. The molecule has 0 radical (unpaired) electrons. The molecular weight excluding hydrogens is 453 g/mol. The van der Waals surface area contributed by atoms with Crippen LogP contribution in [0.25, 0.3) is 16.1 Å². The maximum absolute atomic E-state index is 14.7. The fourth-order valence-corrected chi connectivity index (χ4v) is 5.34. The molecule has 0 atom stereocenters. The van der Waals surface area contributed by atoms with Crippen molar-refractivity contribution in [2.75, 3.05) is 0 Å². The first-order valence-corrected chi connectivity index (χ1v) is 11.8. The standard InChI is InChI=1S/C25H18FN5O2S/c1-27-15-22(18-6-3-2-4-7-18)24-12-19-16-30(17-20(19)14-28-24)34(32,33)21-8-9-25(23(26)13-21)31-11-5-10-29-31/h2-15H,16-17H2/b22-15+. The fraction of sp³-hybridized carbons (Fsp3) is 0.0800. The number of benzene rings is 2. The van der Waals surface area contributed by atoms with Gasteiger partial charge in [-0.25, -0.2) is 22.3 Å². The third-order valence-electron chi connectivity index (χ3n) is 5.64. The molecule has 3 heterocycles. The minimum atomic E-state index is -3.94. The Morgan fingerprint density at radius 3 is 2.56 bits per heavy atom. The summed E-state index contributed by atoms with van der Waals surface area (Å²) in [4.78, 5) is 7.77. The van der Waals surface area contributed by atoms with Crippen LogP contribution in [-0.4, -0.2) is 27.5 Å². The fourth-order valence-electron chi connectivity index (χ4n) is 3.93. The Hall–Kier alpha value is -4.13. The van der Waals surface area contributed by atoms with Crippen molar-refractivity contribution in [2.45, 2.75) is 18.0 Å². The number of hydrogen-bond donors (Lipinski definition) is 0. The SMILES string of the molecule is [C-]#[N+]/C=C(\c1ccccc1)c1cc2c(cn1)CN(S(=O)(=O)c1ccc(-n3cccn3)c(F)c1)C2. The van der Waals surface area contributed by atoms with Crippen LogP contribution in [0.4, 0.5) is 4.39 Å². The summed E-state index contributed by atoms with van der Waals surface area (Å²) in [5.74, 6) is -0.678. The van der Waals surface area contributed by atoms with E-state index in [9.17, 15) is 12.8 Å². The van der Waals surface area contributed by atoms with Crippen LogP contribution < -0.4 is 0 Å². The average molecular weight is 472 g/mol. The molecule has 0 bridgehead atoms. The highest BCUT2D eigenvalue weighted by molar-refractivity contribution is 7.89. The lowest BCUT2D eigenvalue weighted by atomic mass is 10.0. The monoisotopic (exact) mass is 471 g/mol. The van der Waals surface area contributed by atoms with Gasteiger partial charge in [0.2, 0.25) is 10.0 Å². The van der Waals surface area contributed by atoms with Gasteiger partial charge < -0.3 is 0 Å². The highest BCUT2D eigenvalue weighted by atomic mass is 32.2. The average Bonchev–Trinajstić information content (AvgIpc) is 3.53. The summed E-state index contributed by atoms with van der Waals surface area (Å²) in [7, 11) is -3.94. The second-order valence-electron chi connectivity index (χ2n) is 7.71. The molecule has 0 fully saturated rings. The van der Waals surface area contributed by atoms with E-state index in [0.29, 0.717) is 11.3 Å². The Balaban J connectivity index is 1.43. The summed E-state index contributed by atoms with van der Waals surface area (Å²) in [6.45, 7) is 7.54. The molecule has 0 saturated heterocycles. The quantitative estimate of drug-likeness (QED) is 0.404. The van der Waals surface area contributed by atoms with Crippen molar-refractivity contribution in [2.24, 2.45) is 0 Å². The van der Waals surface area contributed by atoms with E-state index in [2.05, 4.69) is 14.9 Å². The van der Waals surface area contributed by atoms with Crippen molar-refractivity contribution in [1.29, 1.82) is 0 Å². The lowest BCUT2D eigenvalue weighted by Crippen LogP contribution is -2.25. The van der Waals surface area contributed by atoms with Gasteiger partial charge in [-0.3, -0.25) is 4.98 Å². The molecule has 2 aromatic carbocycles. The molecule has 0 spiro atoms. The van der Waals surface area contributed by atoms with Gasteiger partial charge >= 0.3 is 0 Å². The maximum Gasteiger partial charge on any atom is 0.243 e. The van der Waals surface area contributed by atoms with Crippen LogP contribution in [0.3, 0.4) is 0 Å². The normalized spacial score (nSPS) is 14.1. The maximum atomic E-state index is 14.7. The van der Waals surface area contributed by atoms with E-state index in [0.717, 1.165) is 22.8 Å². The molecule has 2 aromatic heterocycles. The number of nitrogens with zero attached hydrogens (tertiary/aromatic N) is 5. The molecule has 1 aliphatic rings. The van der Waals surface area contributed by atoms with Gasteiger partial charge in [0.15, 0.2) is 6.20 Å². The molecule has 7 nitrogen and oxygen atoms in total. The first-order chi connectivity index (χ1) is 16.5. The number of halogens is 1. The lowest BCUT2D eigenvalue weighted by molar-refractivity contribution is 0.431. The number of pyridine rings is 1. The van der Waals surface area contributed by atoms with Crippen LogP contribution in [-0.2, 0) is 23.1 Å². The predicted molar refractivity (Wildman–Crippen MR) is 124 cm³/mol. The summed E-state index contributed by atoms with van der Waals surface area (Å²) < 4.78 is 43.8. The molecular formula is C25H18FN5O2S. The molecule has 168 valence electrons. The zero-order chi connectivity index (χ0) is 23.7. The van der Waals surface area contributed by atoms with Gasteiger partial charge in [0, 0.05) is 37.3 Å². The summed E-state index contributed by atoms with van der Waals surface area (Å²) in [6.07, 6.45) is 6.16. The van der Waals surface area contributed by atoms with Crippen LogP contribution in [0.15, 0.2) is 90.3 Å². The molecule has 0 unspecified atom stereocenters. The van der Waals surface area contributed by atoms with Crippen molar-refractivity contribution in [3.63, 3.8) is 0 Å². The van der Waals surface area contributed by atoms with Gasteiger partial charge in [-0.2, -0.15) is 9.40 Å². The number of sulfonamides is 1. The zero-order valence-corrected chi connectivity index (χ0v) is 18.7. The predicted octanol–water partition coefficient (Wildman–Crippen LogP) is 4.42. The topological polar surface area (TPSA) is 72.5 Å².